The van der Waals surface area contributed by atoms with E-state index in [1.807, 2.05) is 0 Å². The second kappa shape index (κ2) is 8.09. The molecule has 0 spiro atoms. The molecule has 0 amide bonds. The van der Waals surface area contributed by atoms with Gasteiger partial charge < -0.3 is 0 Å². The van der Waals surface area contributed by atoms with Crippen molar-refractivity contribution in [3.63, 3.8) is 0 Å². The van der Waals surface area contributed by atoms with Gasteiger partial charge in [0.2, 0.25) is 0 Å². The minimum absolute atomic E-state index is 0.258. The minimum Gasteiger partial charge on any atom is -0.0689 e. The van der Waals surface area contributed by atoms with Crippen LogP contribution in [0.5, 0.6) is 0 Å². The van der Waals surface area contributed by atoms with Crippen LogP contribution in [0.15, 0.2) is 24.3 Å². The first-order chi connectivity index (χ1) is 14.0. The lowest BCUT2D eigenvalue weighted by atomic mass is 9.70. The van der Waals surface area contributed by atoms with Gasteiger partial charge in [-0.3, -0.25) is 0 Å². The fourth-order valence-corrected chi connectivity index (χ4v) is 14.0. The lowest BCUT2D eigenvalue weighted by molar-refractivity contribution is 0.235. The molecule has 0 radical (unpaired) electrons. The van der Waals surface area contributed by atoms with Crippen LogP contribution >= 0.6 is 0 Å². The highest BCUT2D eigenvalue weighted by molar-refractivity contribution is 6.80. The van der Waals surface area contributed by atoms with E-state index in [0.717, 1.165) is 46.6 Å². The molecule has 1 aromatic carbocycles. The maximum Gasteiger partial charge on any atom is 0.0541 e. The molecule has 8 unspecified atom stereocenters. The monoisotopic (exact) mass is 424 g/mol. The largest absolute Gasteiger partial charge is 0.0689 e. The van der Waals surface area contributed by atoms with Gasteiger partial charge in [-0.15, -0.1) is 0 Å². The Balaban J connectivity index is 1.54. The number of hydrogen-bond acceptors (Lipinski definition) is 0. The van der Waals surface area contributed by atoms with Crippen LogP contribution in [0.1, 0.15) is 97.1 Å². The van der Waals surface area contributed by atoms with Crippen LogP contribution < -0.4 is 0 Å². The molecule has 0 heterocycles. The number of hydrogen-bond donors (Lipinski definition) is 0. The molecule has 3 saturated carbocycles. The van der Waals surface area contributed by atoms with Crippen molar-refractivity contribution in [3.8, 4) is 0 Å². The van der Waals surface area contributed by atoms with Gasteiger partial charge in [-0.25, -0.2) is 0 Å². The van der Waals surface area contributed by atoms with Crippen LogP contribution in [0, 0.1) is 29.6 Å². The summed E-state index contributed by atoms with van der Waals surface area (Å²) in [6, 6.07) is 9.83. The zero-order chi connectivity index (χ0) is 21.8. The van der Waals surface area contributed by atoms with Crippen molar-refractivity contribution in [2.45, 2.75) is 116 Å². The van der Waals surface area contributed by atoms with Crippen molar-refractivity contribution >= 4 is 8.07 Å². The Kier molecular flexibility index (Phi) is 6.10. The summed E-state index contributed by atoms with van der Waals surface area (Å²) in [5.74, 6) is 5.62. The quantitative estimate of drug-likeness (QED) is 0.424. The summed E-state index contributed by atoms with van der Waals surface area (Å²) in [6.45, 7) is 20.3. The van der Waals surface area contributed by atoms with Crippen LogP contribution in [0.25, 0.3) is 0 Å². The highest BCUT2D eigenvalue weighted by Crippen LogP contribution is 2.62. The van der Waals surface area contributed by atoms with Gasteiger partial charge in [-0.05, 0) is 82.4 Å². The van der Waals surface area contributed by atoms with Crippen LogP contribution in [-0.2, 0) is 5.41 Å². The molecule has 8 atom stereocenters. The van der Waals surface area contributed by atoms with E-state index in [1.54, 1.807) is 5.56 Å². The van der Waals surface area contributed by atoms with Gasteiger partial charge >= 0.3 is 0 Å². The van der Waals surface area contributed by atoms with E-state index < -0.39 is 8.07 Å². The fourth-order valence-electron chi connectivity index (χ4n) is 8.34. The number of rotatable bonds is 3. The summed E-state index contributed by atoms with van der Waals surface area (Å²) in [6.07, 6.45) is 8.97. The Labute approximate surface area is 188 Å². The topological polar surface area (TPSA) is 0 Å². The van der Waals surface area contributed by atoms with E-state index in [1.165, 1.54) is 44.1 Å². The Morgan fingerprint density at radius 3 is 2.00 bits per heavy atom. The molecule has 0 N–H and O–H groups in total. The van der Waals surface area contributed by atoms with E-state index in [2.05, 4.69) is 78.9 Å². The molecule has 0 nitrogen and oxygen atoms in total. The van der Waals surface area contributed by atoms with Crippen molar-refractivity contribution in [1.82, 2.24) is 0 Å². The third-order valence-corrected chi connectivity index (χ3v) is 15.9. The third kappa shape index (κ3) is 3.87. The van der Waals surface area contributed by atoms with Crippen molar-refractivity contribution in [2.75, 3.05) is 0 Å². The molecular weight excluding hydrogens is 376 g/mol. The second-order valence-electron chi connectivity index (χ2n) is 13.3. The van der Waals surface area contributed by atoms with Crippen LogP contribution in [0.3, 0.4) is 0 Å². The molecule has 3 aliphatic rings. The first-order valence-electron chi connectivity index (χ1n) is 13.1. The maximum atomic E-state index is 2.80. The summed E-state index contributed by atoms with van der Waals surface area (Å²) in [5.41, 5.74) is 5.51. The van der Waals surface area contributed by atoms with Gasteiger partial charge in [0.05, 0.1) is 8.07 Å². The summed E-state index contributed by atoms with van der Waals surface area (Å²) in [7, 11) is -1.26. The van der Waals surface area contributed by atoms with Gasteiger partial charge in [0.25, 0.3) is 0 Å². The predicted octanol–water partition coefficient (Wildman–Crippen LogP) is 9.04. The third-order valence-electron chi connectivity index (χ3n) is 10.6. The van der Waals surface area contributed by atoms with Gasteiger partial charge in [0, 0.05) is 0 Å². The molecule has 0 bridgehead atoms. The molecule has 1 aromatic rings. The van der Waals surface area contributed by atoms with Crippen molar-refractivity contribution in [1.29, 1.82) is 0 Å². The predicted molar refractivity (Wildman–Crippen MR) is 135 cm³/mol. The first kappa shape index (κ1) is 22.6. The number of fused-ring (bicyclic) bond motifs is 1. The average molecular weight is 425 g/mol. The van der Waals surface area contributed by atoms with E-state index in [0.29, 0.717) is 0 Å². The van der Waals surface area contributed by atoms with Crippen LogP contribution in [0.2, 0.25) is 24.2 Å². The average Bonchev–Trinajstić information content (AvgIpc) is 3.25. The zero-order valence-electron chi connectivity index (χ0n) is 21.2. The van der Waals surface area contributed by atoms with E-state index in [4.69, 9.17) is 0 Å². The van der Waals surface area contributed by atoms with Crippen molar-refractivity contribution < 1.29 is 0 Å². The van der Waals surface area contributed by atoms with Gasteiger partial charge in [-0.2, -0.15) is 0 Å². The Morgan fingerprint density at radius 1 is 0.767 bits per heavy atom. The van der Waals surface area contributed by atoms with Crippen LogP contribution in [-0.4, -0.2) is 8.07 Å². The summed E-state index contributed by atoms with van der Waals surface area (Å²) >= 11 is 0. The smallest absolute Gasteiger partial charge is 0.0541 e. The maximum absolute atomic E-state index is 2.80. The Bertz CT molecular complexity index is 724. The van der Waals surface area contributed by atoms with Crippen molar-refractivity contribution in [2.24, 2.45) is 29.6 Å². The molecule has 30 heavy (non-hydrogen) atoms. The first-order valence-corrected chi connectivity index (χ1v) is 16.3. The second-order valence-corrected chi connectivity index (χ2v) is 18.4. The summed E-state index contributed by atoms with van der Waals surface area (Å²) in [4.78, 5) is 0. The molecule has 3 aliphatic carbocycles. The fraction of sp³-hybridized carbons (Fsp3) is 0.793. The molecule has 3 fully saturated rings. The van der Waals surface area contributed by atoms with Gasteiger partial charge in [0.15, 0.2) is 0 Å². The minimum atomic E-state index is -1.26. The number of benzene rings is 1. The van der Waals surface area contributed by atoms with E-state index in [-0.39, 0.29) is 5.41 Å². The van der Waals surface area contributed by atoms with E-state index in [9.17, 15) is 0 Å². The molecule has 168 valence electrons. The van der Waals surface area contributed by atoms with Crippen molar-refractivity contribution in [3.05, 3.63) is 35.4 Å². The lowest BCUT2D eigenvalue weighted by Gasteiger charge is -2.45. The molecule has 0 aliphatic heterocycles. The Morgan fingerprint density at radius 2 is 1.43 bits per heavy atom. The zero-order valence-corrected chi connectivity index (χ0v) is 22.2. The normalized spacial score (nSPS) is 39.9. The lowest BCUT2D eigenvalue weighted by Crippen LogP contribution is -2.43. The highest BCUT2D eigenvalue weighted by atomic mass is 28.3. The standard InChI is InChI=1S/C29H48Si/c1-19-18-28(21(3)20(19)2)30(7,8)27-17-16-25-24(10-9-11-26(25)27)22-12-14-23(15-13-22)29(4,5)6/h12-15,19-21,24-28H,9-11,16-18H2,1-8H3. The van der Waals surface area contributed by atoms with Gasteiger partial charge in [-0.1, -0.05) is 98.2 Å². The highest BCUT2D eigenvalue weighted by Gasteiger charge is 2.54. The Hall–Kier alpha value is -0.563. The van der Waals surface area contributed by atoms with Crippen LogP contribution in [0.4, 0.5) is 0 Å². The van der Waals surface area contributed by atoms with Gasteiger partial charge in [0.1, 0.15) is 0 Å². The molecule has 1 heteroatoms. The molecular formula is C29H48Si. The molecule has 0 saturated heterocycles. The SMILES string of the molecule is CC1CC([Si](C)(C)C2CCC3C(c4ccc(C(C)(C)C)cc4)CCCC32)C(C)C1C. The molecule has 4 rings (SSSR count). The summed E-state index contributed by atoms with van der Waals surface area (Å²) in [5, 5.41) is 0. The molecule has 0 aromatic heterocycles. The summed E-state index contributed by atoms with van der Waals surface area (Å²) < 4.78 is 0. The van der Waals surface area contributed by atoms with E-state index >= 15 is 0 Å².